The number of likely N-dealkylation sites (tertiary alicyclic amines) is 1. The van der Waals surface area contributed by atoms with Gasteiger partial charge in [-0.3, -0.25) is 48.9 Å². The molecule has 9 rings (SSSR count). The standard InChI is InChI=1S/C75H87F10N10O18P/c1-40-22-47(29-60(97)93-20-18-44(66(101)102)27-56(93)67(103)104)63(58(23-40)113-114(106,107)108)71(2,3)31-62(99)112-59(37-92(90-65(100)52(30-61(98)109-8)72(4,5)74(80,81)82)36-51-53(76)25-45(26-54(51)77)55-19-21-94(89-55)68(78)79)46(28-57(96)64(88-70(105)110-9)73(6,7)75(83,84)85)24-42-13-10-41(11-14-42)12-15-43-32-86-69(87-33-43)91-34-48-16-17-49(35-91)95(48)50-38-111-39-50/h10-11,13-14,19,21-23,25-26,32-33,44,46,48-50,52,56,59,64,68H,16-18,20,24,27-31,34-39H2,1-9H3,(H,88,105)(H,90,100)(H,101,102)(H,103,104)(H2,106,107,108)/t44?,46-,48?,49?,52-,56?,59+,64-/m1/s1. The fraction of sp³-hybridized carbons (Fsp3) is 0.533. The van der Waals surface area contributed by atoms with Crippen molar-refractivity contribution in [3.05, 3.63) is 124 Å². The number of alkyl halides is 8. The van der Waals surface area contributed by atoms with Crippen molar-refractivity contribution in [2.45, 2.75) is 173 Å². The molecule has 3 aromatic carbocycles. The fourth-order valence-corrected chi connectivity index (χ4v) is 15.2. The van der Waals surface area contributed by atoms with E-state index in [4.69, 9.17) is 14.0 Å². The number of carboxylic acids is 2. The first kappa shape index (κ1) is 88.2. The summed E-state index contributed by atoms with van der Waals surface area (Å²) < 4.78 is 192. The number of nitrogens with zero attached hydrogens (tertiary/aromatic N) is 8. The number of esters is 2. The zero-order chi connectivity index (χ0) is 84.1. The largest absolute Gasteiger partial charge is 0.524 e. The number of rotatable bonds is 31. The van der Waals surface area contributed by atoms with Crippen molar-refractivity contribution in [2.24, 2.45) is 28.6 Å². The molecular formula is C75H87F10N10O18P. The van der Waals surface area contributed by atoms with Crippen molar-refractivity contribution >= 4 is 61.3 Å². The Kier molecular flexibility index (Phi) is 27.5. The van der Waals surface area contributed by atoms with E-state index in [0.717, 1.165) is 50.3 Å². The summed E-state index contributed by atoms with van der Waals surface area (Å²) in [5.41, 5.74) is -7.78. The number of carbonyl (C=O) groups is 8. The van der Waals surface area contributed by atoms with E-state index in [1.807, 2.05) is 5.32 Å². The lowest BCUT2D eigenvalue weighted by atomic mass is 9.75. The summed E-state index contributed by atoms with van der Waals surface area (Å²) in [6.45, 7) is 2.52. The highest BCUT2D eigenvalue weighted by atomic mass is 31.2. The highest BCUT2D eigenvalue weighted by Crippen LogP contribution is 2.49. The lowest BCUT2D eigenvalue weighted by molar-refractivity contribution is -0.231. The van der Waals surface area contributed by atoms with Crippen molar-refractivity contribution in [3.63, 3.8) is 0 Å². The van der Waals surface area contributed by atoms with Gasteiger partial charge in [-0.2, -0.15) is 40.2 Å². The number of phosphoric acid groups is 1. The maximum absolute atomic E-state index is 16.9. The molecule has 6 heterocycles. The molecule has 8 atom stereocenters. The number of ketones is 1. The molecule has 114 heavy (non-hydrogen) atoms. The minimum Gasteiger partial charge on any atom is -0.481 e. The number of nitrogens with one attached hydrogen (secondary N) is 2. The van der Waals surface area contributed by atoms with Gasteiger partial charge >= 0.3 is 56.7 Å². The third-order valence-corrected chi connectivity index (χ3v) is 21.7. The van der Waals surface area contributed by atoms with Crippen LogP contribution in [0, 0.1) is 59.0 Å². The Morgan fingerprint density at radius 3 is 1.92 bits per heavy atom. The third kappa shape index (κ3) is 21.2. The number of methoxy groups -OCH3 is 2. The molecule has 4 unspecified atom stereocenters. The Bertz CT molecular complexity index is 4470. The van der Waals surface area contributed by atoms with Crippen LogP contribution in [0.5, 0.6) is 5.75 Å². The van der Waals surface area contributed by atoms with Crippen LogP contribution >= 0.6 is 7.82 Å². The highest BCUT2D eigenvalue weighted by Gasteiger charge is 2.58. The number of aromatic nitrogens is 4. The second kappa shape index (κ2) is 35.5. The minimum atomic E-state index is -5.65. The number of alkyl carbamates (subject to hydrolysis) is 1. The maximum Gasteiger partial charge on any atom is 0.524 e. The van der Waals surface area contributed by atoms with Crippen molar-refractivity contribution in [2.75, 3.05) is 58.5 Å². The van der Waals surface area contributed by atoms with E-state index in [-0.39, 0.29) is 33.4 Å². The van der Waals surface area contributed by atoms with E-state index in [0.29, 0.717) is 106 Å². The van der Waals surface area contributed by atoms with Gasteiger partial charge in [0.1, 0.15) is 35.6 Å². The first-order valence-corrected chi connectivity index (χ1v) is 37.5. The Balaban J connectivity index is 1.17. The summed E-state index contributed by atoms with van der Waals surface area (Å²) in [5, 5.41) is 26.0. The van der Waals surface area contributed by atoms with Gasteiger partial charge in [-0.25, -0.2) is 42.6 Å². The summed E-state index contributed by atoms with van der Waals surface area (Å²) in [7, 11) is -4.10. The normalized spacial score (nSPS) is 18.9. The number of carboxylic acid groups (broad SMARTS) is 2. The number of hydrazine groups is 1. The molecular weight excluding hydrogens is 1550 g/mol. The SMILES string of the molecule is COC(=O)C[C@H](C(=O)NN(Cc1c(F)cc(-c2ccn(C(F)F)n2)cc1F)C[C@H](OC(=O)CC(C)(C)c1c(CC(=O)N2CCC(C(=O)O)CC2C(=O)O)cc(C)cc1OP(=O)(O)O)[C@@H](CC(=O)[C@@H](NC(=O)OC)C(C)(C)C(F)(F)F)Cc1ccc(C#Cc2cnc(N3CC4CCC(C3)N4C3COC3)nc2)cc1)C(C)(C)C(F)(F)F. The zero-order valence-electron chi connectivity index (χ0n) is 63.3. The van der Waals surface area contributed by atoms with Crippen LogP contribution in [-0.2, 0) is 81.9 Å². The lowest BCUT2D eigenvalue weighted by Gasteiger charge is -2.47. The number of aryl methyl sites for hydroxylation is 1. The smallest absolute Gasteiger partial charge is 0.481 e. The molecule has 2 bridgehead atoms. The van der Waals surface area contributed by atoms with Crippen LogP contribution in [0.2, 0.25) is 0 Å². The highest BCUT2D eigenvalue weighted by molar-refractivity contribution is 7.46. The molecule has 0 aliphatic carbocycles. The molecule has 4 aliphatic heterocycles. The number of aliphatic carboxylic acids is 2. The number of amides is 3. The Hall–Kier alpha value is -9.80. The number of anilines is 1. The molecule has 620 valence electrons. The summed E-state index contributed by atoms with van der Waals surface area (Å²) in [6.07, 6.45) is -14.5. The molecule has 28 nitrogen and oxygen atoms in total. The minimum absolute atomic E-state index is 0.131. The Morgan fingerprint density at radius 2 is 1.39 bits per heavy atom. The fourth-order valence-electron chi connectivity index (χ4n) is 14.8. The number of Topliss-reactive ketones (excluding diaryl/α,β-unsaturated/α-hetero) is 1. The number of hydrogen-bond acceptors (Lipinski definition) is 20. The van der Waals surface area contributed by atoms with Crippen molar-refractivity contribution in [1.82, 2.24) is 45.3 Å². The first-order valence-electron chi connectivity index (χ1n) is 36.0. The van der Waals surface area contributed by atoms with E-state index >= 15 is 44.7 Å². The molecule has 4 saturated heterocycles. The number of ether oxygens (including phenoxy) is 4. The number of phosphoric ester groups is 1. The molecule has 4 fully saturated rings. The molecule has 0 radical (unpaired) electrons. The molecule has 3 amide bonds. The third-order valence-electron chi connectivity index (χ3n) is 21.3. The Morgan fingerprint density at radius 1 is 0.772 bits per heavy atom. The zero-order valence-corrected chi connectivity index (χ0v) is 64.2. The summed E-state index contributed by atoms with van der Waals surface area (Å²) in [5.74, 6) is -12.9. The number of carbonyl (C=O) groups excluding carboxylic acids is 6. The van der Waals surface area contributed by atoms with Crippen LogP contribution in [0.3, 0.4) is 0 Å². The number of fused-ring (bicyclic) bond motifs is 2. The predicted molar refractivity (Wildman–Crippen MR) is 382 cm³/mol. The van der Waals surface area contributed by atoms with Crippen LogP contribution in [0.4, 0.5) is 54.6 Å². The maximum atomic E-state index is 16.9. The first-order chi connectivity index (χ1) is 53.2. The monoisotopic (exact) mass is 1640 g/mol. The summed E-state index contributed by atoms with van der Waals surface area (Å²) in [4.78, 5) is 146. The second-order valence-corrected chi connectivity index (χ2v) is 31.7. The quantitative estimate of drug-likeness (QED) is 0.00600. The molecule has 0 spiro atoms. The van der Waals surface area contributed by atoms with Gasteiger partial charge in [0.25, 0.3) is 0 Å². The number of piperazine rings is 1. The van der Waals surface area contributed by atoms with E-state index in [1.165, 1.54) is 63.5 Å². The van der Waals surface area contributed by atoms with Crippen molar-refractivity contribution in [3.8, 4) is 28.8 Å². The summed E-state index contributed by atoms with van der Waals surface area (Å²) in [6, 6.07) is 6.96. The van der Waals surface area contributed by atoms with Crippen molar-refractivity contribution < 1.29 is 130 Å². The van der Waals surface area contributed by atoms with Crippen molar-refractivity contribution in [1.29, 1.82) is 0 Å². The molecule has 2 aromatic heterocycles. The van der Waals surface area contributed by atoms with Gasteiger partial charge in [-0.05, 0) is 106 Å². The molecule has 5 aromatic rings. The number of hydrogen-bond donors (Lipinski definition) is 6. The van der Waals surface area contributed by atoms with Crippen LogP contribution in [0.25, 0.3) is 11.3 Å². The number of piperidine rings is 1. The van der Waals surface area contributed by atoms with Gasteiger partial charge in [0.2, 0.25) is 17.8 Å². The van der Waals surface area contributed by atoms with Gasteiger partial charge in [-0.15, -0.1) is 0 Å². The van der Waals surface area contributed by atoms with Crippen LogP contribution in [0.1, 0.15) is 132 Å². The van der Waals surface area contributed by atoms with E-state index < -0.39 is 219 Å². The van der Waals surface area contributed by atoms with Gasteiger partial charge in [0.05, 0.1) is 93.2 Å². The molecule has 0 saturated carbocycles. The average molecular weight is 1640 g/mol. The van der Waals surface area contributed by atoms with Crippen LogP contribution in [-0.4, -0.2) is 204 Å². The number of halogens is 10. The van der Waals surface area contributed by atoms with Gasteiger partial charge in [-0.1, -0.05) is 57.7 Å². The molecule has 39 heteroatoms. The average Bonchev–Trinajstić information content (AvgIpc) is 1.03. The lowest BCUT2D eigenvalue weighted by Crippen LogP contribution is -2.62. The predicted octanol–water partition coefficient (Wildman–Crippen LogP) is 9.58. The summed E-state index contributed by atoms with van der Waals surface area (Å²) >= 11 is 0. The topological polar surface area (TPSA) is 361 Å². The van der Waals surface area contributed by atoms with Crippen LogP contribution in [0.15, 0.2) is 73.2 Å². The number of benzene rings is 3. The Labute approximate surface area is 647 Å². The van der Waals surface area contributed by atoms with Gasteiger partial charge in [0.15, 0.2) is 5.78 Å². The molecule has 6 N–H and O–H groups in total. The van der Waals surface area contributed by atoms with E-state index in [9.17, 15) is 62.1 Å². The van der Waals surface area contributed by atoms with E-state index in [2.05, 4.69) is 51.6 Å². The van der Waals surface area contributed by atoms with E-state index in [1.54, 1.807) is 0 Å². The second-order valence-electron chi connectivity index (χ2n) is 30.5. The van der Waals surface area contributed by atoms with Gasteiger partial charge in [0, 0.05) is 96.9 Å². The van der Waals surface area contributed by atoms with Crippen LogP contribution < -0.4 is 20.2 Å². The molecule has 4 aliphatic rings. The van der Waals surface area contributed by atoms with Gasteiger partial charge < -0.3 is 48.8 Å².